The maximum Gasteiger partial charge on any atom is 0.202 e. The first-order chi connectivity index (χ1) is 14.8. The van der Waals surface area contributed by atoms with E-state index in [0.29, 0.717) is 24.3 Å². The van der Waals surface area contributed by atoms with Crippen LogP contribution in [0, 0.1) is 16.7 Å². The van der Waals surface area contributed by atoms with Gasteiger partial charge in [-0.15, -0.1) is 0 Å². The van der Waals surface area contributed by atoms with E-state index >= 15 is 0 Å². The molecule has 4 rings (SSSR count). The Morgan fingerprint density at radius 3 is 2.71 bits per heavy atom. The second-order valence-corrected chi connectivity index (χ2v) is 9.60. The number of benzene rings is 1. The Hall–Kier alpha value is -2.75. The highest BCUT2D eigenvalue weighted by molar-refractivity contribution is 5.95. The first-order valence-corrected chi connectivity index (χ1v) is 11.0. The molecule has 31 heavy (non-hydrogen) atoms. The van der Waals surface area contributed by atoms with Gasteiger partial charge < -0.3 is 15.5 Å². The van der Waals surface area contributed by atoms with Gasteiger partial charge in [-0.05, 0) is 65.8 Å². The van der Waals surface area contributed by atoms with Crippen LogP contribution in [0.2, 0.25) is 0 Å². The number of aromatic amines is 1. The van der Waals surface area contributed by atoms with E-state index in [1.54, 1.807) is 0 Å². The number of ether oxygens (including phenoxy) is 1. The van der Waals surface area contributed by atoms with Crippen LogP contribution < -0.4 is 5.73 Å². The van der Waals surface area contributed by atoms with E-state index in [1.807, 2.05) is 12.1 Å². The number of hydrogen-bond donors (Lipinski definition) is 2. The van der Waals surface area contributed by atoms with E-state index in [4.69, 9.17) is 15.7 Å². The Bertz CT molecular complexity index is 1050. The highest BCUT2D eigenvalue weighted by Crippen LogP contribution is 2.40. The molecule has 6 heteroatoms. The zero-order chi connectivity index (χ0) is 22.1. The number of aromatic nitrogens is 2. The molecule has 3 N–H and O–H groups in total. The van der Waals surface area contributed by atoms with Gasteiger partial charge in [0.15, 0.2) is 5.82 Å². The molecule has 0 spiro atoms. The zero-order valence-corrected chi connectivity index (χ0v) is 18.3. The van der Waals surface area contributed by atoms with Crippen molar-refractivity contribution in [3.8, 4) is 6.07 Å². The van der Waals surface area contributed by atoms with Crippen molar-refractivity contribution in [2.45, 2.75) is 57.9 Å². The molecular weight excluding hydrogens is 388 g/mol. The van der Waals surface area contributed by atoms with Crippen LogP contribution in [0.15, 0.2) is 30.5 Å². The fourth-order valence-corrected chi connectivity index (χ4v) is 4.46. The average Bonchev–Trinajstić information content (AvgIpc) is 3.24. The van der Waals surface area contributed by atoms with E-state index in [9.17, 15) is 4.79 Å². The van der Waals surface area contributed by atoms with Crippen molar-refractivity contribution in [3.05, 3.63) is 58.7 Å². The number of carbonyl (C=O) groups excluding carboxylic acids is 1. The smallest absolute Gasteiger partial charge is 0.202 e. The molecule has 0 atom stereocenters. The Morgan fingerprint density at radius 2 is 2.06 bits per heavy atom. The molecular formula is C25H30N4O2. The number of carbonyl (C=O) groups is 1. The van der Waals surface area contributed by atoms with Crippen LogP contribution in [0.5, 0.6) is 0 Å². The molecule has 1 saturated heterocycles. The maximum absolute atomic E-state index is 12.9. The lowest BCUT2D eigenvalue weighted by molar-refractivity contribution is 0.0522. The number of rotatable bonds is 5. The van der Waals surface area contributed by atoms with Gasteiger partial charge in [-0.3, -0.25) is 4.79 Å². The third-order valence-corrected chi connectivity index (χ3v) is 6.70. The lowest BCUT2D eigenvalue weighted by atomic mass is 9.75. The van der Waals surface area contributed by atoms with Crippen molar-refractivity contribution in [1.29, 1.82) is 5.26 Å². The summed E-state index contributed by atoms with van der Waals surface area (Å²) in [5, 5.41) is 9.00. The summed E-state index contributed by atoms with van der Waals surface area (Å²) in [6, 6.07) is 8.28. The van der Waals surface area contributed by atoms with Crippen molar-refractivity contribution in [3.63, 3.8) is 0 Å². The minimum Gasteiger partial charge on any atom is -0.381 e. The number of nitriles is 1. The highest BCUT2D eigenvalue weighted by Gasteiger charge is 2.31. The summed E-state index contributed by atoms with van der Waals surface area (Å²) in [7, 11) is 0. The molecule has 1 aliphatic heterocycles. The standard InChI is InChI=1S/C25H30N4O2/c1-24(2)7-5-17(6-8-24)21-14-19(25(27)9-11-31-12-10-25)4-3-18(21)13-22(30)23-28-16-20(15-26)29-23/h3-5,14,16H,6-13,27H2,1-2H3,(H,28,29). The van der Waals surface area contributed by atoms with E-state index < -0.39 is 5.54 Å². The van der Waals surface area contributed by atoms with Gasteiger partial charge in [0, 0.05) is 25.2 Å². The van der Waals surface area contributed by atoms with Crippen LogP contribution >= 0.6 is 0 Å². The highest BCUT2D eigenvalue weighted by atomic mass is 16.5. The van der Waals surface area contributed by atoms with Crippen molar-refractivity contribution >= 4 is 11.4 Å². The predicted molar refractivity (Wildman–Crippen MR) is 119 cm³/mol. The predicted octanol–water partition coefficient (Wildman–Crippen LogP) is 4.26. The third kappa shape index (κ3) is 4.63. The zero-order valence-electron chi connectivity index (χ0n) is 18.3. The molecule has 0 unspecified atom stereocenters. The van der Waals surface area contributed by atoms with Gasteiger partial charge in [-0.25, -0.2) is 4.98 Å². The number of ketones is 1. The summed E-state index contributed by atoms with van der Waals surface area (Å²) in [4.78, 5) is 19.7. The summed E-state index contributed by atoms with van der Waals surface area (Å²) in [6.07, 6.45) is 8.65. The van der Waals surface area contributed by atoms with Gasteiger partial charge in [0.2, 0.25) is 5.78 Å². The van der Waals surface area contributed by atoms with E-state index in [-0.39, 0.29) is 18.0 Å². The molecule has 2 aromatic rings. The quantitative estimate of drug-likeness (QED) is 0.706. The summed E-state index contributed by atoms with van der Waals surface area (Å²) in [5.41, 5.74) is 11.5. The van der Waals surface area contributed by atoms with Crippen LogP contribution in [0.25, 0.3) is 5.57 Å². The first-order valence-electron chi connectivity index (χ1n) is 11.0. The number of imidazole rings is 1. The van der Waals surface area contributed by atoms with Gasteiger partial charge in [0.05, 0.1) is 6.20 Å². The van der Waals surface area contributed by atoms with Crippen LogP contribution in [0.3, 0.4) is 0 Å². The molecule has 1 fully saturated rings. The van der Waals surface area contributed by atoms with Crippen LogP contribution in [0.1, 0.15) is 79.0 Å². The third-order valence-electron chi connectivity index (χ3n) is 6.70. The van der Waals surface area contributed by atoms with Crippen LogP contribution in [-0.4, -0.2) is 29.0 Å². The molecule has 6 nitrogen and oxygen atoms in total. The minimum atomic E-state index is -0.396. The number of nitrogens with two attached hydrogens (primary N) is 1. The minimum absolute atomic E-state index is 0.124. The number of hydrogen-bond acceptors (Lipinski definition) is 5. The fraction of sp³-hybridized carbons (Fsp3) is 0.480. The van der Waals surface area contributed by atoms with Gasteiger partial charge in [0.1, 0.15) is 11.8 Å². The summed E-state index contributed by atoms with van der Waals surface area (Å²) < 4.78 is 5.52. The number of allylic oxidation sites excluding steroid dienone is 2. The first kappa shape index (κ1) is 21.5. The lowest BCUT2D eigenvalue weighted by Crippen LogP contribution is -2.42. The molecule has 1 aliphatic carbocycles. The second kappa shape index (κ2) is 8.41. The van der Waals surface area contributed by atoms with Crippen LogP contribution in [0.4, 0.5) is 0 Å². The van der Waals surface area contributed by atoms with E-state index in [1.165, 1.54) is 11.8 Å². The van der Waals surface area contributed by atoms with Crippen LogP contribution in [-0.2, 0) is 16.7 Å². The van der Waals surface area contributed by atoms with Crippen molar-refractivity contribution in [2.24, 2.45) is 11.1 Å². The molecule has 2 aliphatic rings. The maximum atomic E-state index is 12.9. The molecule has 1 aromatic carbocycles. The van der Waals surface area contributed by atoms with Gasteiger partial charge in [0.25, 0.3) is 0 Å². The summed E-state index contributed by atoms with van der Waals surface area (Å²) >= 11 is 0. The van der Waals surface area contributed by atoms with E-state index in [0.717, 1.165) is 48.8 Å². The number of H-pyrrole nitrogens is 1. The molecule has 0 bridgehead atoms. The van der Waals surface area contributed by atoms with Gasteiger partial charge >= 0.3 is 0 Å². The number of nitrogens with zero attached hydrogens (tertiary/aromatic N) is 2. The Kier molecular flexibility index (Phi) is 5.83. The SMILES string of the molecule is CC1(C)CC=C(c2cc(C3(N)CCOCC3)ccc2CC(=O)c2ncc(C#N)[nH]2)CC1. The second-order valence-electron chi connectivity index (χ2n) is 9.60. The lowest BCUT2D eigenvalue weighted by Gasteiger charge is -2.35. The Labute approximate surface area is 183 Å². The van der Waals surface area contributed by atoms with Gasteiger partial charge in [-0.2, -0.15) is 5.26 Å². The largest absolute Gasteiger partial charge is 0.381 e. The molecule has 0 radical (unpaired) electrons. The molecule has 2 heterocycles. The Balaban J connectivity index is 1.69. The Morgan fingerprint density at radius 1 is 1.29 bits per heavy atom. The molecule has 162 valence electrons. The topological polar surface area (TPSA) is 105 Å². The normalized spacial score (nSPS) is 20.0. The van der Waals surface area contributed by atoms with Gasteiger partial charge in [-0.1, -0.05) is 32.1 Å². The summed E-state index contributed by atoms with van der Waals surface area (Å²) in [6.45, 7) is 5.93. The van der Waals surface area contributed by atoms with Crippen molar-refractivity contribution in [2.75, 3.05) is 13.2 Å². The van der Waals surface area contributed by atoms with Crippen molar-refractivity contribution in [1.82, 2.24) is 9.97 Å². The molecule has 0 amide bonds. The fourth-order valence-electron chi connectivity index (χ4n) is 4.46. The van der Waals surface area contributed by atoms with Crippen molar-refractivity contribution < 1.29 is 9.53 Å². The number of nitrogens with one attached hydrogen (secondary N) is 1. The van der Waals surface area contributed by atoms with E-state index in [2.05, 4.69) is 42.0 Å². The number of Topliss-reactive ketones (excluding diaryl/α,β-unsaturated/α-hetero) is 1. The summed E-state index contributed by atoms with van der Waals surface area (Å²) in [5.74, 6) is 0.103. The monoisotopic (exact) mass is 418 g/mol. The molecule has 1 aromatic heterocycles. The molecule has 0 saturated carbocycles. The average molecular weight is 419 g/mol.